The van der Waals surface area contributed by atoms with Crippen molar-refractivity contribution >= 4 is 18.1 Å². The van der Waals surface area contributed by atoms with E-state index in [-0.39, 0.29) is 12.4 Å². The second kappa shape index (κ2) is 5.45. The van der Waals surface area contributed by atoms with Crippen LogP contribution in [0.4, 0.5) is 5.69 Å². The van der Waals surface area contributed by atoms with E-state index in [9.17, 15) is 0 Å². The van der Waals surface area contributed by atoms with Gasteiger partial charge in [0.15, 0.2) is 0 Å². The third kappa shape index (κ3) is 2.51. The molecule has 0 aliphatic carbocycles. The van der Waals surface area contributed by atoms with Gasteiger partial charge in [0.1, 0.15) is 0 Å². The molecule has 0 bridgehead atoms. The molecule has 0 aliphatic rings. The SMILES string of the molecule is Cc1cc(-c2cccc(N)c2)c(C)c(C)c1C.Cl. The van der Waals surface area contributed by atoms with Gasteiger partial charge < -0.3 is 5.73 Å². The molecule has 18 heavy (non-hydrogen) atoms. The molecule has 2 aromatic carbocycles. The summed E-state index contributed by atoms with van der Waals surface area (Å²) in [5, 5.41) is 0. The molecule has 0 atom stereocenters. The van der Waals surface area contributed by atoms with E-state index in [2.05, 4.69) is 39.8 Å². The highest BCUT2D eigenvalue weighted by atomic mass is 35.5. The lowest BCUT2D eigenvalue weighted by Crippen LogP contribution is -1.95. The quantitative estimate of drug-likeness (QED) is 0.747. The van der Waals surface area contributed by atoms with Gasteiger partial charge in [-0.05, 0) is 73.2 Å². The maximum Gasteiger partial charge on any atom is 0.0320 e. The van der Waals surface area contributed by atoms with Gasteiger partial charge in [-0.25, -0.2) is 0 Å². The molecule has 0 aromatic heterocycles. The van der Waals surface area contributed by atoms with Crippen LogP contribution in [0.15, 0.2) is 30.3 Å². The summed E-state index contributed by atoms with van der Waals surface area (Å²) in [6.45, 7) is 8.71. The van der Waals surface area contributed by atoms with E-state index in [4.69, 9.17) is 5.73 Å². The largest absolute Gasteiger partial charge is 0.399 e. The van der Waals surface area contributed by atoms with Crippen LogP contribution in [-0.4, -0.2) is 0 Å². The van der Waals surface area contributed by atoms with Crippen molar-refractivity contribution in [1.82, 2.24) is 0 Å². The number of nitrogen functional groups attached to an aromatic ring is 1. The lowest BCUT2D eigenvalue weighted by atomic mass is 9.91. The van der Waals surface area contributed by atoms with Crippen molar-refractivity contribution in [3.05, 3.63) is 52.6 Å². The number of nitrogens with two attached hydrogens (primary N) is 1. The molecule has 0 spiro atoms. The molecule has 2 rings (SSSR count). The zero-order valence-corrected chi connectivity index (χ0v) is 12.2. The Morgan fingerprint density at radius 1 is 0.833 bits per heavy atom. The first kappa shape index (κ1) is 14.6. The van der Waals surface area contributed by atoms with Gasteiger partial charge in [-0.15, -0.1) is 12.4 Å². The topological polar surface area (TPSA) is 26.0 Å². The van der Waals surface area contributed by atoms with Gasteiger partial charge in [0, 0.05) is 5.69 Å². The Labute approximate surface area is 115 Å². The minimum atomic E-state index is 0. The predicted octanol–water partition coefficient (Wildman–Crippen LogP) is 4.59. The Hall–Kier alpha value is -1.47. The summed E-state index contributed by atoms with van der Waals surface area (Å²) in [7, 11) is 0. The van der Waals surface area contributed by atoms with Crippen molar-refractivity contribution in [3.63, 3.8) is 0 Å². The number of halogens is 1. The van der Waals surface area contributed by atoms with E-state index in [0.717, 1.165) is 5.69 Å². The summed E-state index contributed by atoms with van der Waals surface area (Å²) in [4.78, 5) is 0. The molecule has 0 saturated heterocycles. The number of hydrogen-bond donors (Lipinski definition) is 1. The first-order valence-corrected chi connectivity index (χ1v) is 5.94. The first-order valence-electron chi connectivity index (χ1n) is 5.94. The van der Waals surface area contributed by atoms with E-state index in [0.29, 0.717) is 0 Å². The lowest BCUT2D eigenvalue weighted by molar-refractivity contribution is 1.22. The van der Waals surface area contributed by atoms with E-state index in [1.54, 1.807) is 0 Å². The third-order valence-corrected chi connectivity index (χ3v) is 3.68. The molecule has 2 aromatic rings. The Kier molecular flexibility index (Phi) is 4.42. The monoisotopic (exact) mass is 261 g/mol. The average molecular weight is 262 g/mol. The van der Waals surface area contributed by atoms with Gasteiger partial charge in [-0.2, -0.15) is 0 Å². The molecule has 0 amide bonds. The molecular weight excluding hydrogens is 242 g/mol. The van der Waals surface area contributed by atoms with Crippen LogP contribution in [0.1, 0.15) is 22.3 Å². The van der Waals surface area contributed by atoms with E-state index in [1.807, 2.05) is 18.2 Å². The molecular formula is C16H20ClN. The van der Waals surface area contributed by atoms with Gasteiger partial charge in [0.25, 0.3) is 0 Å². The normalized spacial score (nSPS) is 10.0. The van der Waals surface area contributed by atoms with Crippen LogP contribution in [-0.2, 0) is 0 Å². The number of rotatable bonds is 1. The van der Waals surface area contributed by atoms with Crippen molar-refractivity contribution < 1.29 is 0 Å². The molecule has 2 N–H and O–H groups in total. The summed E-state index contributed by atoms with van der Waals surface area (Å²) < 4.78 is 0. The Morgan fingerprint density at radius 3 is 2.11 bits per heavy atom. The summed E-state index contributed by atoms with van der Waals surface area (Å²) in [5.74, 6) is 0. The zero-order chi connectivity index (χ0) is 12.6. The first-order chi connectivity index (χ1) is 8.00. The second-order valence-electron chi connectivity index (χ2n) is 4.74. The maximum absolute atomic E-state index is 5.85. The number of anilines is 1. The molecule has 0 unspecified atom stereocenters. The average Bonchev–Trinajstić information content (AvgIpc) is 2.31. The fourth-order valence-electron chi connectivity index (χ4n) is 2.22. The fraction of sp³-hybridized carbons (Fsp3) is 0.250. The van der Waals surface area contributed by atoms with Crippen LogP contribution in [0.3, 0.4) is 0 Å². The van der Waals surface area contributed by atoms with Crippen LogP contribution < -0.4 is 5.73 Å². The minimum Gasteiger partial charge on any atom is -0.399 e. The van der Waals surface area contributed by atoms with Gasteiger partial charge >= 0.3 is 0 Å². The van der Waals surface area contributed by atoms with E-state index < -0.39 is 0 Å². The Morgan fingerprint density at radius 2 is 1.50 bits per heavy atom. The highest BCUT2D eigenvalue weighted by Crippen LogP contribution is 2.30. The van der Waals surface area contributed by atoms with Crippen molar-refractivity contribution in [2.45, 2.75) is 27.7 Å². The van der Waals surface area contributed by atoms with Crippen molar-refractivity contribution in [1.29, 1.82) is 0 Å². The minimum absolute atomic E-state index is 0. The fourth-order valence-corrected chi connectivity index (χ4v) is 2.22. The molecule has 0 heterocycles. The summed E-state index contributed by atoms with van der Waals surface area (Å²) in [6.07, 6.45) is 0. The van der Waals surface area contributed by atoms with Crippen LogP contribution in [0, 0.1) is 27.7 Å². The van der Waals surface area contributed by atoms with Crippen LogP contribution in [0.25, 0.3) is 11.1 Å². The van der Waals surface area contributed by atoms with Gasteiger partial charge in [0.2, 0.25) is 0 Å². The number of hydrogen-bond acceptors (Lipinski definition) is 1. The van der Waals surface area contributed by atoms with Crippen molar-refractivity contribution in [2.24, 2.45) is 0 Å². The van der Waals surface area contributed by atoms with Crippen molar-refractivity contribution in [3.8, 4) is 11.1 Å². The summed E-state index contributed by atoms with van der Waals surface area (Å²) >= 11 is 0. The molecule has 1 nitrogen and oxygen atoms in total. The molecule has 0 fully saturated rings. The smallest absolute Gasteiger partial charge is 0.0320 e. The summed E-state index contributed by atoms with van der Waals surface area (Å²) in [6, 6.07) is 10.3. The summed E-state index contributed by atoms with van der Waals surface area (Å²) in [5.41, 5.74) is 14.6. The van der Waals surface area contributed by atoms with Gasteiger partial charge in [-0.1, -0.05) is 18.2 Å². The Bertz CT molecular complexity index is 574. The predicted molar refractivity (Wildman–Crippen MR) is 82.5 cm³/mol. The third-order valence-electron chi connectivity index (χ3n) is 3.68. The van der Waals surface area contributed by atoms with Gasteiger partial charge in [-0.3, -0.25) is 0 Å². The number of benzene rings is 2. The van der Waals surface area contributed by atoms with Crippen LogP contribution in [0.2, 0.25) is 0 Å². The Balaban J connectivity index is 0.00000162. The lowest BCUT2D eigenvalue weighted by Gasteiger charge is -2.14. The highest BCUT2D eigenvalue weighted by molar-refractivity contribution is 5.85. The molecule has 2 heteroatoms. The number of aryl methyl sites for hydroxylation is 1. The van der Waals surface area contributed by atoms with Gasteiger partial charge in [0.05, 0.1) is 0 Å². The molecule has 0 aliphatic heterocycles. The maximum atomic E-state index is 5.85. The zero-order valence-electron chi connectivity index (χ0n) is 11.4. The molecule has 0 saturated carbocycles. The van der Waals surface area contributed by atoms with E-state index >= 15 is 0 Å². The second-order valence-corrected chi connectivity index (χ2v) is 4.74. The highest BCUT2D eigenvalue weighted by Gasteiger charge is 2.08. The molecule has 96 valence electrons. The standard InChI is InChI=1S/C16H19N.ClH/c1-10-8-16(13(4)12(3)11(10)2)14-6-5-7-15(17)9-14;/h5-9H,17H2,1-4H3;1H. The van der Waals surface area contributed by atoms with Crippen LogP contribution in [0.5, 0.6) is 0 Å². The van der Waals surface area contributed by atoms with Crippen molar-refractivity contribution in [2.75, 3.05) is 5.73 Å². The molecule has 0 radical (unpaired) electrons. The van der Waals surface area contributed by atoms with Crippen LogP contribution >= 0.6 is 12.4 Å². The van der Waals surface area contributed by atoms with E-state index in [1.165, 1.54) is 33.4 Å².